The maximum Gasteiger partial charge on any atom is 0.337 e. The number of hydrogen-bond acceptors (Lipinski definition) is 4. The van der Waals surface area contributed by atoms with Crippen LogP contribution in [0.5, 0.6) is 0 Å². The average molecular weight is 302 g/mol. The highest BCUT2D eigenvalue weighted by atomic mass is 16.7. The fraction of sp³-hybridized carbons (Fsp3) is 0.778. The van der Waals surface area contributed by atoms with E-state index in [0.29, 0.717) is 17.1 Å². The van der Waals surface area contributed by atoms with E-state index in [-0.39, 0.29) is 29.2 Å². The summed E-state index contributed by atoms with van der Waals surface area (Å²) in [7, 11) is 0. The third-order valence-corrected chi connectivity index (χ3v) is 6.96. The Labute approximate surface area is 130 Å². The number of allylic oxidation sites excluding steroid dienone is 1. The molecular weight excluding hydrogens is 280 g/mol. The van der Waals surface area contributed by atoms with Gasteiger partial charge in [0.25, 0.3) is 0 Å². The highest BCUT2D eigenvalue weighted by Crippen LogP contribution is 2.64. The van der Waals surface area contributed by atoms with Crippen LogP contribution >= 0.6 is 0 Å². The van der Waals surface area contributed by atoms with Gasteiger partial charge in [0.1, 0.15) is 0 Å². The zero-order valence-electron chi connectivity index (χ0n) is 13.0. The molecule has 5 rings (SSSR count). The van der Waals surface area contributed by atoms with Gasteiger partial charge in [-0.25, -0.2) is 4.79 Å². The van der Waals surface area contributed by atoms with Crippen molar-refractivity contribution in [2.45, 2.75) is 69.7 Å². The molecule has 0 aromatic heterocycles. The molecule has 0 radical (unpaired) electrons. The van der Waals surface area contributed by atoms with E-state index in [1.165, 1.54) is 25.7 Å². The lowest BCUT2D eigenvalue weighted by Crippen LogP contribution is -2.40. The molecule has 5 atom stereocenters. The van der Waals surface area contributed by atoms with Crippen molar-refractivity contribution >= 4 is 11.8 Å². The molecule has 22 heavy (non-hydrogen) atoms. The Morgan fingerprint density at radius 2 is 1.95 bits per heavy atom. The Kier molecular flexibility index (Phi) is 2.43. The van der Waals surface area contributed by atoms with Gasteiger partial charge in [-0.3, -0.25) is 4.79 Å². The molecule has 0 aromatic carbocycles. The molecule has 1 saturated carbocycles. The van der Waals surface area contributed by atoms with Crippen LogP contribution in [0.25, 0.3) is 0 Å². The standard InChI is InChI=1S/C18H22O4/c1-10-13-14-12(15(10)19)6-8-17-7-4-2-3-5-11(17)9-18(14,22-17)21-16(13)20/h11-12,14H,2-9H2,1H3/t11-,12-,14+,17+,18+/m0/s1. The van der Waals surface area contributed by atoms with E-state index in [2.05, 4.69) is 0 Å². The Morgan fingerprint density at radius 3 is 2.82 bits per heavy atom. The number of rotatable bonds is 0. The molecule has 5 aliphatic rings. The maximum atomic E-state index is 12.6. The minimum absolute atomic E-state index is 0.0926. The summed E-state index contributed by atoms with van der Waals surface area (Å²) in [4.78, 5) is 25.0. The molecule has 4 fully saturated rings. The molecule has 0 N–H and O–H groups in total. The lowest BCUT2D eigenvalue weighted by Gasteiger charge is -2.33. The van der Waals surface area contributed by atoms with Crippen molar-refractivity contribution in [1.29, 1.82) is 0 Å². The zero-order chi connectivity index (χ0) is 15.1. The van der Waals surface area contributed by atoms with Gasteiger partial charge in [0.05, 0.1) is 17.1 Å². The average Bonchev–Trinajstić information content (AvgIpc) is 2.91. The molecule has 2 spiro atoms. The molecule has 3 aliphatic heterocycles. The highest BCUT2D eigenvalue weighted by molar-refractivity contribution is 6.10. The van der Waals surface area contributed by atoms with Crippen molar-refractivity contribution in [2.24, 2.45) is 17.8 Å². The van der Waals surface area contributed by atoms with Gasteiger partial charge in [-0.05, 0) is 38.5 Å². The van der Waals surface area contributed by atoms with Gasteiger partial charge in [-0.15, -0.1) is 0 Å². The van der Waals surface area contributed by atoms with Crippen molar-refractivity contribution < 1.29 is 19.1 Å². The number of hydrogen-bond donors (Lipinski definition) is 0. The Hall–Kier alpha value is -1.16. The van der Waals surface area contributed by atoms with Crippen molar-refractivity contribution in [1.82, 2.24) is 0 Å². The molecule has 2 bridgehead atoms. The van der Waals surface area contributed by atoms with Gasteiger partial charge in [-0.1, -0.05) is 19.3 Å². The molecular formula is C18H22O4. The van der Waals surface area contributed by atoms with Crippen LogP contribution in [0.2, 0.25) is 0 Å². The Balaban J connectivity index is 1.65. The number of carbonyl (C=O) groups excluding carboxylic acids is 2. The maximum absolute atomic E-state index is 12.6. The first-order valence-electron chi connectivity index (χ1n) is 8.75. The second kappa shape index (κ2) is 4.02. The fourth-order valence-electron chi connectivity index (χ4n) is 6.02. The largest absolute Gasteiger partial charge is 0.429 e. The predicted molar refractivity (Wildman–Crippen MR) is 77.8 cm³/mol. The zero-order valence-corrected chi connectivity index (χ0v) is 13.0. The normalized spacial score (nSPS) is 49.6. The number of Topliss-reactive ketones (excluding diaryl/α,β-unsaturated/α-hetero) is 1. The van der Waals surface area contributed by atoms with Crippen LogP contribution in [-0.2, 0) is 19.1 Å². The first kappa shape index (κ1) is 13.3. The number of esters is 1. The molecule has 0 unspecified atom stereocenters. The lowest BCUT2D eigenvalue weighted by atomic mass is 9.71. The smallest absolute Gasteiger partial charge is 0.337 e. The van der Waals surface area contributed by atoms with Crippen LogP contribution in [0.1, 0.15) is 58.3 Å². The Bertz CT molecular complexity index is 621. The number of carbonyl (C=O) groups is 2. The van der Waals surface area contributed by atoms with Gasteiger partial charge in [0, 0.05) is 17.9 Å². The predicted octanol–water partition coefficient (Wildman–Crippen LogP) is 2.90. The van der Waals surface area contributed by atoms with E-state index in [4.69, 9.17) is 9.47 Å². The van der Waals surface area contributed by atoms with Crippen LogP contribution < -0.4 is 0 Å². The van der Waals surface area contributed by atoms with Crippen molar-refractivity contribution in [3.8, 4) is 0 Å². The fourth-order valence-corrected chi connectivity index (χ4v) is 6.02. The molecule has 0 aromatic rings. The topological polar surface area (TPSA) is 52.6 Å². The molecule has 3 heterocycles. The van der Waals surface area contributed by atoms with Crippen LogP contribution in [0.3, 0.4) is 0 Å². The number of ether oxygens (including phenoxy) is 2. The van der Waals surface area contributed by atoms with E-state index >= 15 is 0 Å². The monoisotopic (exact) mass is 302 g/mol. The van der Waals surface area contributed by atoms with Crippen molar-refractivity contribution in [3.05, 3.63) is 11.1 Å². The van der Waals surface area contributed by atoms with Crippen molar-refractivity contribution in [3.63, 3.8) is 0 Å². The molecule has 3 saturated heterocycles. The summed E-state index contributed by atoms with van der Waals surface area (Å²) in [5, 5.41) is 0. The first-order chi connectivity index (χ1) is 10.6. The van der Waals surface area contributed by atoms with E-state index in [1.54, 1.807) is 6.92 Å². The third kappa shape index (κ3) is 1.38. The van der Waals surface area contributed by atoms with E-state index in [1.807, 2.05) is 0 Å². The molecule has 118 valence electrons. The molecule has 0 amide bonds. The van der Waals surface area contributed by atoms with E-state index in [9.17, 15) is 9.59 Å². The summed E-state index contributed by atoms with van der Waals surface area (Å²) in [6.45, 7) is 1.79. The van der Waals surface area contributed by atoms with Gasteiger partial charge in [0.2, 0.25) is 5.79 Å². The summed E-state index contributed by atoms with van der Waals surface area (Å²) in [5.41, 5.74) is 1.11. The Morgan fingerprint density at radius 1 is 1.09 bits per heavy atom. The van der Waals surface area contributed by atoms with Gasteiger partial charge < -0.3 is 9.47 Å². The summed E-state index contributed by atoms with van der Waals surface area (Å²) in [6, 6.07) is 0. The summed E-state index contributed by atoms with van der Waals surface area (Å²) in [6.07, 6.45) is 8.52. The lowest BCUT2D eigenvalue weighted by molar-refractivity contribution is -0.241. The minimum Gasteiger partial charge on any atom is -0.429 e. The van der Waals surface area contributed by atoms with Crippen LogP contribution in [0.4, 0.5) is 0 Å². The van der Waals surface area contributed by atoms with E-state index < -0.39 is 5.79 Å². The van der Waals surface area contributed by atoms with Crippen LogP contribution in [-0.4, -0.2) is 23.1 Å². The molecule has 4 heteroatoms. The van der Waals surface area contributed by atoms with Crippen LogP contribution in [0.15, 0.2) is 11.1 Å². The van der Waals surface area contributed by atoms with Gasteiger partial charge in [-0.2, -0.15) is 0 Å². The molecule has 2 aliphatic carbocycles. The molecule has 4 nitrogen and oxygen atoms in total. The van der Waals surface area contributed by atoms with Gasteiger partial charge in [0.15, 0.2) is 5.78 Å². The second-order valence-electron chi connectivity index (χ2n) is 7.89. The second-order valence-corrected chi connectivity index (χ2v) is 7.89. The van der Waals surface area contributed by atoms with Crippen molar-refractivity contribution in [2.75, 3.05) is 0 Å². The third-order valence-electron chi connectivity index (χ3n) is 6.96. The van der Waals surface area contributed by atoms with E-state index in [0.717, 1.165) is 25.7 Å². The first-order valence-corrected chi connectivity index (χ1v) is 8.75. The van der Waals surface area contributed by atoms with Crippen LogP contribution in [0, 0.1) is 17.8 Å². The minimum atomic E-state index is -0.830. The summed E-state index contributed by atoms with van der Waals surface area (Å²) < 4.78 is 12.5. The quantitative estimate of drug-likeness (QED) is 0.646. The number of ketones is 1. The summed E-state index contributed by atoms with van der Waals surface area (Å²) in [5.74, 6) is -0.716. The SMILES string of the molecule is CC1=C2C(=O)O[C@@]34C[C@@H]5CCCCC[C@]5(CC[C@H](C1=O)[C@H]23)O4. The highest BCUT2D eigenvalue weighted by Gasteiger charge is 2.71. The van der Waals surface area contributed by atoms with Gasteiger partial charge >= 0.3 is 5.97 Å². The summed E-state index contributed by atoms with van der Waals surface area (Å²) >= 11 is 0.